The molecule has 35 heavy (non-hydrogen) atoms. The number of pyridine rings is 1. The lowest BCUT2D eigenvalue weighted by Gasteiger charge is -2.27. The summed E-state index contributed by atoms with van der Waals surface area (Å²) in [5, 5.41) is 0.195. The van der Waals surface area contributed by atoms with Gasteiger partial charge in [-0.05, 0) is 55.9 Å². The molecule has 2 fully saturated rings. The largest absolute Gasteiger partial charge is 0.486 e. The van der Waals surface area contributed by atoms with E-state index in [1.807, 2.05) is 30.0 Å². The highest BCUT2D eigenvalue weighted by atomic mass is 16.6. The predicted molar refractivity (Wildman–Crippen MR) is 129 cm³/mol. The molecule has 4 heterocycles. The summed E-state index contributed by atoms with van der Waals surface area (Å²) in [6.07, 6.45) is 4.38. The summed E-state index contributed by atoms with van der Waals surface area (Å²) >= 11 is 0. The first kappa shape index (κ1) is 21.9. The molecule has 2 aromatic heterocycles. The SMILES string of the molecule is CCCn1c(=O)[nH]c(=O)c2c(C(=O)N3CCCC3c3ccc4c(c3)OCCO4)cc(C3CC3)nc21. The fraction of sp³-hybridized carbons (Fsp3) is 0.462. The summed E-state index contributed by atoms with van der Waals surface area (Å²) in [4.78, 5) is 48.6. The molecule has 1 amide bonds. The monoisotopic (exact) mass is 476 g/mol. The highest BCUT2D eigenvalue weighted by Crippen LogP contribution is 2.41. The molecule has 9 heteroatoms. The molecule has 1 aromatic carbocycles. The van der Waals surface area contributed by atoms with Crippen molar-refractivity contribution in [2.24, 2.45) is 0 Å². The van der Waals surface area contributed by atoms with Gasteiger partial charge in [-0.2, -0.15) is 0 Å². The molecule has 2 aliphatic heterocycles. The summed E-state index contributed by atoms with van der Waals surface area (Å²) in [5.74, 6) is 1.47. The number of benzene rings is 1. The van der Waals surface area contributed by atoms with Crippen LogP contribution in [0.3, 0.4) is 0 Å². The van der Waals surface area contributed by atoms with Crippen LogP contribution in [0.4, 0.5) is 0 Å². The second kappa shape index (κ2) is 8.55. The van der Waals surface area contributed by atoms with E-state index < -0.39 is 11.2 Å². The van der Waals surface area contributed by atoms with Gasteiger partial charge in [-0.25, -0.2) is 9.78 Å². The van der Waals surface area contributed by atoms with Crippen molar-refractivity contribution in [3.63, 3.8) is 0 Å². The Morgan fingerprint density at radius 2 is 1.91 bits per heavy atom. The number of aromatic nitrogens is 3. The smallest absolute Gasteiger partial charge is 0.329 e. The number of likely N-dealkylation sites (tertiary alicyclic amines) is 1. The van der Waals surface area contributed by atoms with Gasteiger partial charge in [-0.15, -0.1) is 0 Å². The lowest BCUT2D eigenvalue weighted by molar-refractivity contribution is 0.0736. The highest BCUT2D eigenvalue weighted by molar-refractivity contribution is 6.05. The van der Waals surface area contributed by atoms with Gasteiger partial charge in [0.05, 0.1) is 17.0 Å². The van der Waals surface area contributed by atoms with Gasteiger partial charge in [0.15, 0.2) is 17.1 Å². The van der Waals surface area contributed by atoms with E-state index in [0.29, 0.717) is 55.4 Å². The summed E-state index contributed by atoms with van der Waals surface area (Å²) in [6, 6.07) is 7.47. The van der Waals surface area contributed by atoms with Crippen molar-refractivity contribution in [3.05, 3.63) is 61.9 Å². The predicted octanol–water partition coefficient (Wildman–Crippen LogP) is 3.12. The number of carbonyl (C=O) groups excluding carboxylic acids is 1. The Hall–Kier alpha value is -3.62. The fourth-order valence-electron chi connectivity index (χ4n) is 5.26. The average molecular weight is 477 g/mol. The maximum atomic E-state index is 14.0. The molecule has 1 aliphatic carbocycles. The highest BCUT2D eigenvalue weighted by Gasteiger charge is 2.35. The van der Waals surface area contributed by atoms with Gasteiger partial charge >= 0.3 is 5.69 Å². The zero-order chi connectivity index (χ0) is 24.1. The van der Waals surface area contributed by atoms with Gasteiger partial charge in [-0.1, -0.05) is 13.0 Å². The van der Waals surface area contributed by atoms with Crippen LogP contribution in [0.2, 0.25) is 0 Å². The van der Waals surface area contributed by atoms with Crippen molar-refractivity contribution >= 4 is 16.9 Å². The first-order valence-corrected chi connectivity index (χ1v) is 12.4. The number of nitrogens with zero attached hydrogens (tertiary/aromatic N) is 3. The van der Waals surface area contributed by atoms with Crippen LogP contribution in [0.5, 0.6) is 11.5 Å². The average Bonchev–Trinajstić information content (AvgIpc) is 3.61. The maximum absolute atomic E-state index is 14.0. The molecule has 1 unspecified atom stereocenters. The quantitative estimate of drug-likeness (QED) is 0.607. The van der Waals surface area contributed by atoms with Crippen molar-refractivity contribution in [2.75, 3.05) is 19.8 Å². The molecule has 0 radical (unpaired) electrons. The van der Waals surface area contributed by atoms with E-state index in [1.54, 1.807) is 6.07 Å². The van der Waals surface area contributed by atoms with Crippen molar-refractivity contribution in [1.29, 1.82) is 0 Å². The third kappa shape index (κ3) is 3.79. The molecule has 1 atom stereocenters. The second-order valence-corrected chi connectivity index (χ2v) is 9.54. The zero-order valence-electron chi connectivity index (χ0n) is 19.7. The van der Waals surface area contributed by atoms with Gasteiger partial charge < -0.3 is 14.4 Å². The van der Waals surface area contributed by atoms with Gasteiger partial charge in [0.25, 0.3) is 11.5 Å². The third-order valence-corrected chi connectivity index (χ3v) is 7.11. The van der Waals surface area contributed by atoms with Crippen molar-refractivity contribution < 1.29 is 14.3 Å². The van der Waals surface area contributed by atoms with Crippen LogP contribution >= 0.6 is 0 Å². The number of aromatic amines is 1. The molecule has 6 rings (SSSR count). The molecule has 3 aliphatic rings. The molecule has 9 nitrogen and oxygen atoms in total. The minimum absolute atomic E-state index is 0.133. The van der Waals surface area contributed by atoms with E-state index in [4.69, 9.17) is 14.5 Å². The molecule has 1 N–H and O–H groups in total. The Bertz CT molecular complexity index is 1440. The number of carbonyl (C=O) groups is 1. The van der Waals surface area contributed by atoms with Crippen LogP contribution in [0, 0.1) is 0 Å². The maximum Gasteiger partial charge on any atom is 0.329 e. The van der Waals surface area contributed by atoms with E-state index in [0.717, 1.165) is 36.9 Å². The van der Waals surface area contributed by atoms with Crippen molar-refractivity contribution in [1.82, 2.24) is 19.4 Å². The fourth-order valence-corrected chi connectivity index (χ4v) is 5.26. The lowest BCUT2D eigenvalue weighted by atomic mass is 10.0. The van der Waals surface area contributed by atoms with Crippen LogP contribution in [0.1, 0.15) is 72.6 Å². The first-order valence-electron chi connectivity index (χ1n) is 12.4. The number of hydrogen-bond acceptors (Lipinski definition) is 6. The topological polar surface area (TPSA) is 107 Å². The molecular formula is C26H28N4O5. The summed E-state index contributed by atoms with van der Waals surface area (Å²) in [7, 11) is 0. The number of fused-ring (bicyclic) bond motifs is 2. The van der Waals surface area contributed by atoms with Crippen LogP contribution in [-0.2, 0) is 6.54 Å². The van der Waals surface area contributed by atoms with Crippen LogP contribution in [0.15, 0.2) is 33.9 Å². The molecule has 3 aromatic rings. The Morgan fingerprint density at radius 3 is 2.69 bits per heavy atom. The van der Waals surface area contributed by atoms with Crippen LogP contribution in [0.25, 0.3) is 11.0 Å². The van der Waals surface area contributed by atoms with E-state index in [9.17, 15) is 14.4 Å². The number of H-pyrrole nitrogens is 1. The third-order valence-electron chi connectivity index (χ3n) is 7.11. The van der Waals surface area contributed by atoms with Gasteiger partial charge in [0.2, 0.25) is 0 Å². The Morgan fingerprint density at radius 1 is 1.11 bits per heavy atom. The first-order chi connectivity index (χ1) is 17.0. The summed E-state index contributed by atoms with van der Waals surface area (Å²) in [6.45, 7) is 4.00. The van der Waals surface area contributed by atoms with E-state index >= 15 is 0 Å². The van der Waals surface area contributed by atoms with Gasteiger partial charge in [0.1, 0.15) is 13.2 Å². The van der Waals surface area contributed by atoms with E-state index in [1.165, 1.54) is 4.57 Å². The minimum Gasteiger partial charge on any atom is -0.486 e. The van der Waals surface area contributed by atoms with Gasteiger partial charge in [-0.3, -0.25) is 19.1 Å². The number of aryl methyl sites for hydroxylation is 1. The van der Waals surface area contributed by atoms with Crippen LogP contribution < -0.4 is 20.7 Å². The van der Waals surface area contributed by atoms with Crippen LogP contribution in [-0.4, -0.2) is 45.1 Å². The Kier molecular flexibility index (Phi) is 5.35. The summed E-state index contributed by atoms with van der Waals surface area (Å²) in [5.41, 5.74) is 1.35. The molecule has 0 bridgehead atoms. The van der Waals surface area contributed by atoms with Crippen molar-refractivity contribution in [3.8, 4) is 11.5 Å². The standard InChI is InChI=1S/C26H28N4O5/c1-2-9-30-23-22(24(31)28-26(30)33)17(14-18(27-23)15-5-6-15)25(32)29-10-3-4-19(29)16-7-8-20-21(13-16)35-12-11-34-20/h7-8,13-15,19H,2-6,9-12H2,1H3,(H,28,31,33). The molecule has 1 saturated heterocycles. The summed E-state index contributed by atoms with van der Waals surface area (Å²) < 4.78 is 12.9. The number of amides is 1. The minimum atomic E-state index is -0.564. The number of nitrogens with one attached hydrogen (secondary N) is 1. The number of ether oxygens (including phenoxy) is 2. The molecule has 182 valence electrons. The molecule has 0 spiro atoms. The van der Waals surface area contributed by atoms with E-state index in [-0.39, 0.29) is 23.3 Å². The lowest BCUT2D eigenvalue weighted by Crippen LogP contribution is -2.35. The Balaban J connectivity index is 1.46. The van der Waals surface area contributed by atoms with Crippen molar-refractivity contribution in [2.45, 2.75) is 57.5 Å². The number of rotatable bonds is 5. The zero-order valence-corrected chi connectivity index (χ0v) is 19.7. The second-order valence-electron chi connectivity index (χ2n) is 9.54. The number of hydrogen-bond donors (Lipinski definition) is 1. The normalized spacial score (nSPS) is 19.3. The molecular weight excluding hydrogens is 448 g/mol. The van der Waals surface area contributed by atoms with E-state index in [2.05, 4.69) is 4.98 Å². The molecule has 1 saturated carbocycles. The Labute approximate surface area is 201 Å². The van der Waals surface area contributed by atoms with Gasteiger partial charge in [0, 0.05) is 24.7 Å².